The fourth-order valence-electron chi connectivity index (χ4n) is 3.31. The summed E-state index contributed by atoms with van der Waals surface area (Å²) in [6.45, 7) is 0.217. The first-order valence-corrected chi connectivity index (χ1v) is 11.7. The lowest BCUT2D eigenvalue weighted by molar-refractivity contribution is -0.136. The van der Waals surface area contributed by atoms with Crippen molar-refractivity contribution in [2.45, 2.75) is 13.0 Å². The highest BCUT2D eigenvalue weighted by atomic mass is 35.5. The average Bonchev–Trinajstić information content (AvgIpc) is 3.37. The van der Waals surface area contributed by atoms with Crippen LogP contribution in [0.25, 0.3) is 6.08 Å². The molecule has 2 aromatic carbocycles. The summed E-state index contributed by atoms with van der Waals surface area (Å²) >= 11 is 5.87. The van der Waals surface area contributed by atoms with Gasteiger partial charge < -0.3 is 29.8 Å². The van der Waals surface area contributed by atoms with Crippen molar-refractivity contribution in [1.29, 1.82) is 5.26 Å². The van der Waals surface area contributed by atoms with Crippen LogP contribution < -0.4 is 25.4 Å². The van der Waals surface area contributed by atoms with Crippen molar-refractivity contribution >= 4 is 41.1 Å². The number of hydrogen-bond acceptors (Lipinski definition) is 7. The SMILES string of the molecule is COc1ccc(CCNC(=O)/C(C#N)=C\c2ccc(CNC(=O)C(=O)Nc3cccc(Cl)c3)o2)cc1OC. The van der Waals surface area contributed by atoms with Crippen molar-refractivity contribution in [1.82, 2.24) is 10.6 Å². The van der Waals surface area contributed by atoms with Crippen LogP contribution in [0.2, 0.25) is 5.02 Å². The Hall–Kier alpha value is -4.75. The molecule has 0 radical (unpaired) electrons. The van der Waals surface area contributed by atoms with E-state index < -0.39 is 17.7 Å². The summed E-state index contributed by atoms with van der Waals surface area (Å²) in [5, 5.41) is 17.4. The van der Waals surface area contributed by atoms with Crippen molar-refractivity contribution in [3.8, 4) is 17.6 Å². The smallest absolute Gasteiger partial charge is 0.313 e. The molecule has 196 valence electrons. The Balaban J connectivity index is 1.50. The van der Waals surface area contributed by atoms with Crippen molar-refractivity contribution < 1.29 is 28.3 Å². The molecule has 3 rings (SSSR count). The zero-order valence-electron chi connectivity index (χ0n) is 20.7. The zero-order valence-corrected chi connectivity index (χ0v) is 21.4. The Labute approximate surface area is 224 Å². The van der Waals surface area contributed by atoms with E-state index in [-0.39, 0.29) is 17.9 Å². The number of amides is 3. The molecule has 0 saturated carbocycles. The number of nitriles is 1. The first kappa shape index (κ1) is 27.8. The maximum absolute atomic E-state index is 12.5. The van der Waals surface area contributed by atoms with Gasteiger partial charge in [0, 0.05) is 23.3 Å². The molecule has 0 aliphatic rings. The molecule has 3 amide bonds. The molecule has 0 bridgehead atoms. The number of carbonyl (C=O) groups excluding carboxylic acids is 3. The van der Waals surface area contributed by atoms with Gasteiger partial charge in [-0.15, -0.1) is 0 Å². The molecule has 3 aromatic rings. The van der Waals surface area contributed by atoms with Crippen LogP contribution in [0, 0.1) is 11.3 Å². The van der Waals surface area contributed by atoms with Crippen LogP contribution in [-0.2, 0) is 27.3 Å². The number of methoxy groups -OCH3 is 2. The predicted octanol–water partition coefficient (Wildman–Crippen LogP) is 3.47. The Morgan fingerprint density at radius 3 is 2.47 bits per heavy atom. The van der Waals surface area contributed by atoms with Gasteiger partial charge in [-0.25, -0.2) is 0 Å². The fraction of sp³-hybridized carbons (Fsp3) is 0.185. The number of benzene rings is 2. The van der Waals surface area contributed by atoms with Crippen LogP contribution in [0.15, 0.2) is 64.6 Å². The van der Waals surface area contributed by atoms with Crippen LogP contribution in [0.4, 0.5) is 5.69 Å². The second-order valence-corrected chi connectivity index (χ2v) is 8.25. The molecule has 1 heterocycles. The van der Waals surface area contributed by atoms with E-state index in [9.17, 15) is 19.6 Å². The Morgan fingerprint density at radius 2 is 1.76 bits per heavy atom. The van der Waals surface area contributed by atoms with Gasteiger partial charge >= 0.3 is 11.8 Å². The van der Waals surface area contributed by atoms with Crippen LogP contribution in [0.1, 0.15) is 17.1 Å². The molecule has 0 atom stereocenters. The molecule has 0 spiro atoms. The third kappa shape index (κ3) is 7.88. The molecule has 0 saturated heterocycles. The molecular formula is C27H25ClN4O6. The minimum atomic E-state index is -0.870. The van der Waals surface area contributed by atoms with Crippen LogP contribution >= 0.6 is 11.6 Å². The number of carbonyl (C=O) groups is 3. The molecule has 1 aromatic heterocycles. The summed E-state index contributed by atoms with van der Waals surface area (Å²) in [4.78, 5) is 36.6. The normalized spacial score (nSPS) is 10.7. The minimum Gasteiger partial charge on any atom is -0.493 e. The highest BCUT2D eigenvalue weighted by Crippen LogP contribution is 2.27. The number of rotatable bonds is 10. The number of nitrogens with one attached hydrogen (secondary N) is 3. The molecule has 3 N–H and O–H groups in total. The Bertz CT molecular complexity index is 1390. The van der Waals surface area contributed by atoms with E-state index in [0.29, 0.717) is 40.9 Å². The lowest BCUT2D eigenvalue weighted by atomic mass is 10.1. The number of ether oxygens (including phenoxy) is 2. The number of furan rings is 1. The van der Waals surface area contributed by atoms with Crippen LogP contribution in [0.5, 0.6) is 11.5 Å². The van der Waals surface area contributed by atoms with E-state index in [0.717, 1.165) is 5.56 Å². The number of nitrogens with zero attached hydrogens (tertiary/aromatic N) is 1. The van der Waals surface area contributed by atoms with E-state index in [1.807, 2.05) is 18.2 Å². The lowest BCUT2D eigenvalue weighted by Gasteiger charge is -2.10. The highest BCUT2D eigenvalue weighted by Gasteiger charge is 2.15. The summed E-state index contributed by atoms with van der Waals surface area (Å²) in [5.74, 6) is -0.540. The van der Waals surface area contributed by atoms with Crippen molar-refractivity contribution in [3.63, 3.8) is 0 Å². The first-order chi connectivity index (χ1) is 18.3. The topological polar surface area (TPSA) is 143 Å². The number of halogens is 1. The van der Waals surface area contributed by atoms with Gasteiger partial charge in [-0.2, -0.15) is 5.26 Å². The fourth-order valence-corrected chi connectivity index (χ4v) is 3.50. The molecular weight excluding hydrogens is 512 g/mol. The maximum atomic E-state index is 12.5. The van der Waals surface area contributed by atoms with Gasteiger partial charge in [0.05, 0.1) is 20.8 Å². The van der Waals surface area contributed by atoms with Crippen molar-refractivity contribution in [3.05, 3.63) is 82.3 Å². The third-order valence-corrected chi connectivity index (χ3v) is 5.43. The molecule has 38 heavy (non-hydrogen) atoms. The van der Waals surface area contributed by atoms with Gasteiger partial charge in [0.2, 0.25) is 0 Å². The van der Waals surface area contributed by atoms with Crippen molar-refractivity contribution in [2.24, 2.45) is 0 Å². The Kier molecular flexibility index (Phi) is 9.91. The third-order valence-electron chi connectivity index (χ3n) is 5.19. The molecule has 0 aliphatic heterocycles. The van der Waals surface area contributed by atoms with E-state index in [1.54, 1.807) is 50.6 Å². The summed E-state index contributed by atoms with van der Waals surface area (Å²) in [6.07, 6.45) is 1.81. The van der Waals surface area contributed by atoms with Crippen molar-refractivity contribution in [2.75, 3.05) is 26.1 Å². The monoisotopic (exact) mass is 536 g/mol. The van der Waals surface area contributed by atoms with E-state index in [4.69, 9.17) is 25.5 Å². The van der Waals surface area contributed by atoms with Crippen LogP contribution in [0.3, 0.4) is 0 Å². The number of anilines is 1. The van der Waals surface area contributed by atoms with Gasteiger partial charge in [-0.05, 0) is 54.4 Å². The molecule has 0 unspecified atom stereocenters. The Morgan fingerprint density at radius 1 is 0.974 bits per heavy atom. The molecule has 0 fully saturated rings. The second-order valence-electron chi connectivity index (χ2n) is 7.82. The van der Waals surface area contributed by atoms with Gasteiger partial charge in [0.15, 0.2) is 11.5 Å². The molecule has 10 nitrogen and oxygen atoms in total. The zero-order chi connectivity index (χ0) is 27.5. The molecule has 0 aliphatic carbocycles. The van der Waals surface area contributed by atoms with E-state index in [1.165, 1.54) is 12.1 Å². The first-order valence-electron chi connectivity index (χ1n) is 11.4. The quantitative estimate of drug-likeness (QED) is 0.204. The largest absolute Gasteiger partial charge is 0.493 e. The van der Waals surface area contributed by atoms with E-state index in [2.05, 4.69) is 16.0 Å². The maximum Gasteiger partial charge on any atom is 0.313 e. The van der Waals surface area contributed by atoms with Gasteiger partial charge in [-0.1, -0.05) is 23.7 Å². The average molecular weight is 537 g/mol. The van der Waals surface area contributed by atoms with Gasteiger partial charge in [-0.3, -0.25) is 14.4 Å². The van der Waals surface area contributed by atoms with Gasteiger partial charge in [0.1, 0.15) is 23.2 Å². The molecule has 11 heteroatoms. The summed E-state index contributed by atoms with van der Waals surface area (Å²) in [5.41, 5.74) is 1.15. The van der Waals surface area contributed by atoms with E-state index >= 15 is 0 Å². The van der Waals surface area contributed by atoms with Crippen LogP contribution in [-0.4, -0.2) is 38.5 Å². The summed E-state index contributed by atoms with van der Waals surface area (Å²) in [6, 6.07) is 16.8. The summed E-state index contributed by atoms with van der Waals surface area (Å²) < 4.78 is 16.0. The number of hydrogen-bond donors (Lipinski definition) is 3. The second kappa shape index (κ2) is 13.5. The predicted molar refractivity (Wildman–Crippen MR) is 140 cm³/mol. The standard InChI is InChI=1S/C27H25ClN4O6/c1-36-23-9-6-17(12-24(23)37-2)10-11-30-25(33)18(15-29)13-21-7-8-22(38-21)16-31-26(34)27(35)32-20-5-3-4-19(28)14-20/h3-9,12-14H,10-11,16H2,1-2H3,(H,30,33)(H,31,34)(H,32,35)/b18-13-. The lowest BCUT2D eigenvalue weighted by Crippen LogP contribution is -2.34. The summed E-state index contributed by atoms with van der Waals surface area (Å²) in [7, 11) is 3.09. The van der Waals surface area contributed by atoms with Gasteiger partial charge in [0.25, 0.3) is 5.91 Å². The minimum absolute atomic E-state index is 0.0744. The highest BCUT2D eigenvalue weighted by molar-refractivity contribution is 6.39.